The Bertz CT molecular complexity index is 1060. The molecule has 2 aromatic heterocycles. The number of aliphatic imine (C=N–C) groups is 2. The summed E-state index contributed by atoms with van der Waals surface area (Å²) >= 11 is 14.7. The van der Waals surface area contributed by atoms with Crippen LogP contribution >= 0.6 is 34.7 Å². The lowest BCUT2D eigenvalue weighted by Crippen LogP contribution is -2.42. The molecule has 2 N–H and O–H groups in total. The minimum absolute atomic E-state index is 0.0151. The first-order chi connectivity index (χ1) is 14.5. The molecule has 0 aromatic carbocycles. The van der Waals surface area contributed by atoms with Crippen molar-refractivity contribution < 1.29 is 0 Å². The summed E-state index contributed by atoms with van der Waals surface area (Å²) in [6.45, 7) is 4.37. The number of aryl methyl sites for hydroxylation is 2. The average molecular weight is 465 g/mol. The van der Waals surface area contributed by atoms with Gasteiger partial charge in [-0.2, -0.15) is 9.47 Å². The average Bonchev–Trinajstić information content (AvgIpc) is 3.46. The molecule has 158 valence electrons. The molecular formula is C19H22Cl2N8S. The number of aromatic nitrogens is 3. The molecule has 5 heterocycles. The largest absolute Gasteiger partial charge is 0.326 e. The van der Waals surface area contributed by atoms with Gasteiger partial charge >= 0.3 is 0 Å². The number of nitrogens with one attached hydrogen (secondary N) is 2. The lowest BCUT2D eigenvalue weighted by atomic mass is 9.95. The van der Waals surface area contributed by atoms with Crippen molar-refractivity contribution in [1.82, 2.24) is 24.4 Å². The van der Waals surface area contributed by atoms with Crippen LogP contribution in [-0.2, 0) is 7.05 Å². The molecule has 2 unspecified atom stereocenters. The van der Waals surface area contributed by atoms with E-state index in [2.05, 4.69) is 25.0 Å². The van der Waals surface area contributed by atoms with Crippen molar-refractivity contribution in [2.45, 2.75) is 25.8 Å². The first kappa shape index (κ1) is 20.0. The first-order valence-corrected chi connectivity index (χ1v) is 11.5. The van der Waals surface area contributed by atoms with Crippen molar-refractivity contribution in [3.63, 3.8) is 0 Å². The van der Waals surface area contributed by atoms with Gasteiger partial charge < -0.3 is 15.5 Å². The van der Waals surface area contributed by atoms with E-state index >= 15 is 0 Å². The molecule has 0 radical (unpaired) electrons. The summed E-state index contributed by atoms with van der Waals surface area (Å²) in [7, 11) is 1.91. The van der Waals surface area contributed by atoms with Crippen molar-refractivity contribution in [2.24, 2.45) is 23.0 Å². The molecule has 2 atom stereocenters. The van der Waals surface area contributed by atoms with Crippen LogP contribution in [0.4, 0.5) is 5.00 Å². The maximum Gasteiger partial charge on any atom is 0.174 e. The Balaban J connectivity index is 1.55. The summed E-state index contributed by atoms with van der Waals surface area (Å²) in [6.07, 6.45) is 6.03. The highest BCUT2D eigenvalue weighted by Gasteiger charge is 2.40. The molecule has 0 bridgehead atoms. The van der Waals surface area contributed by atoms with Crippen LogP contribution in [0.2, 0.25) is 5.02 Å². The van der Waals surface area contributed by atoms with E-state index in [0.29, 0.717) is 22.6 Å². The van der Waals surface area contributed by atoms with Gasteiger partial charge in [-0.15, -0.1) is 0 Å². The number of rotatable bonds is 3. The Kier molecular flexibility index (Phi) is 5.30. The minimum Gasteiger partial charge on any atom is -0.326 e. The van der Waals surface area contributed by atoms with Gasteiger partial charge in [-0.1, -0.05) is 23.2 Å². The fraction of sp³-hybridized carbons (Fsp3) is 0.474. The van der Waals surface area contributed by atoms with Crippen LogP contribution in [0.15, 0.2) is 33.2 Å². The first-order valence-electron chi connectivity index (χ1n) is 9.93. The third-order valence-electron chi connectivity index (χ3n) is 5.64. The zero-order chi connectivity index (χ0) is 20.8. The fourth-order valence-electron chi connectivity index (χ4n) is 4.08. The van der Waals surface area contributed by atoms with E-state index in [0.717, 1.165) is 53.7 Å². The predicted octanol–water partition coefficient (Wildman–Crippen LogP) is 3.53. The molecular weight excluding hydrogens is 443 g/mol. The van der Waals surface area contributed by atoms with E-state index in [1.54, 1.807) is 4.68 Å². The molecule has 0 spiro atoms. The van der Waals surface area contributed by atoms with Gasteiger partial charge in [0.15, 0.2) is 11.7 Å². The molecule has 0 saturated carbocycles. The molecule has 1 saturated heterocycles. The van der Waals surface area contributed by atoms with Gasteiger partial charge in [0.1, 0.15) is 10.2 Å². The lowest BCUT2D eigenvalue weighted by molar-refractivity contribution is 0.394. The smallest absolute Gasteiger partial charge is 0.174 e. The highest BCUT2D eigenvalue weighted by molar-refractivity contribution is 7.11. The number of halogens is 2. The van der Waals surface area contributed by atoms with Crippen LogP contribution in [0, 0.1) is 12.8 Å². The number of piperidine rings is 1. The summed E-state index contributed by atoms with van der Waals surface area (Å²) in [4.78, 5) is 11.8. The normalized spacial score (nSPS) is 24.1. The van der Waals surface area contributed by atoms with E-state index in [4.69, 9.17) is 33.2 Å². The Morgan fingerprint density at radius 2 is 2.20 bits per heavy atom. The van der Waals surface area contributed by atoms with Crippen molar-refractivity contribution in [3.05, 3.63) is 39.5 Å². The Hall–Kier alpha value is -1.94. The molecule has 30 heavy (non-hydrogen) atoms. The van der Waals surface area contributed by atoms with Gasteiger partial charge in [0.05, 0.1) is 35.2 Å². The van der Waals surface area contributed by atoms with Crippen molar-refractivity contribution in [1.29, 1.82) is 0 Å². The van der Waals surface area contributed by atoms with Crippen LogP contribution < -0.4 is 10.6 Å². The molecule has 0 aliphatic carbocycles. The number of anilines is 1. The monoisotopic (exact) mass is 464 g/mol. The van der Waals surface area contributed by atoms with Crippen molar-refractivity contribution >= 4 is 51.4 Å². The van der Waals surface area contributed by atoms with Gasteiger partial charge in [-0.05, 0) is 37.8 Å². The quantitative estimate of drug-likeness (QED) is 0.678. The highest BCUT2D eigenvalue weighted by atomic mass is 35.5. The number of amidine groups is 2. The fourth-order valence-corrected chi connectivity index (χ4v) is 5.40. The standard InChI is InChI=1S/C19H22Cl2N8S/c1-10-14(20)19(30-27-10)26-17-18-23-8-13(12-7-24-28(2)9-12)29(18)16(21)15(25-17)11-4-3-5-22-6-11/h7,9,11,13,22H,3-6,8H2,1-2H3,(H,25,26). The van der Waals surface area contributed by atoms with Gasteiger partial charge in [-0.25, -0.2) is 4.99 Å². The zero-order valence-electron chi connectivity index (χ0n) is 16.7. The van der Waals surface area contributed by atoms with Crippen molar-refractivity contribution in [2.75, 3.05) is 25.0 Å². The second-order valence-electron chi connectivity index (χ2n) is 7.71. The maximum atomic E-state index is 6.97. The Morgan fingerprint density at radius 1 is 1.33 bits per heavy atom. The molecule has 11 heteroatoms. The van der Waals surface area contributed by atoms with Gasteiger partial charge in [0.2, 0.25) is 0 Å². The highest BCUT2D eigenvalue weighted by Crippen LogP contribution is 2.40. The van der Waals surface area contributed by atoms with E-state index in [1.807, 2.05) is 26.4 Å². The molecule has 5 rings (SSSR count). The molecule has 3 aliphatic rings. The van der Waals surface area contributed by atoms with Crippen LogP contribution in [0.3, 0.4) is 0 Å². The third kappa shape index (κ3) is 3.43. The third-order valence-corrected chi connectivity index (χ3v) is 7.44. The Labute approximate surface area is 188 Å². The van der Waals surface area contributed by atoms with E-state index in [-0.39, 0.29) is 12.0 Å². The van der Waals surface area contributed by atoms with E-state index in [9.17, 15) is 0 Å². The van der Waals surface area contributed by atoms with Gasteiger partial charge in [0, 0.05) is 31.3 Å². The van der Waals surface area contributed by atoms with Crippen molar-refractivity contribution in [3.8, 4) is 0 Å². The number of hydrogen-bond donors (Lipinski definition) is 2. The number of fused-ring (bicyclic) bond motifs is 1. The second-order valence-corrected chi connectivity index (χ2v) is 9.22. The van der Waals surface area contributed by atoms with Gasteiger partial charge in [0.25, 0.3) is 0 Å². The summed E-state index contributed by atoms with van der Waals surface area (Å²) in [5.74, 6) is 1.64. The van der Waals surface area contributed by atoms with Crippen LogP contribution in [0.5, 0.6) is 0 Å². The van der Waals surface area contributed by atoms with Crippen LogP contribution in [-0.4, -0.2) is 50.4 Å². The maximum absolute atomic E-state index is 6.97. The van der Waals surface area contributed by atoms with E-state index in [1.165, 1.54) is 11.5 Å². The zero-order valence-corrected chi connectivity index (χ0v) is 19.0. The number of hydrogen-bond acceptors (Lipinski definition) is 8. The lowest BCUT2D eigenvalue weighted by Gasteiger charge is -2.34. The summed E-state index contributed by atoms with van der Waals surface area (Å²) in [5, 5.41) is 13.2. The topological polar surface area (TPSA) is 82.7 Å². The molecule has 1 fully saturated rings. The van der Waals surface area contributed by atoms with Crippen LogP contribution in [0.1, 0.15) is 30.1 Å². The summed E-state index contributed by atoms with van der Waals surface area (Å²) in [5.41, 5.74) is 2.76. The molecule has 0 amide bonds. The molecule has 2 aromatic rings. The van der Waals surface area contributed by atoms with E-state index < -0.39 is 0 Å². The van der Waals surface area contributed by atoms with Gasteiger partial charge in [-0.3, -0.25) is 9.67 Å². The second kappa shape index (κ2) is 7.96. The predicted molar refractivity (Wildman–Crippen MR) is 121 cm³/mol. The summed E-state index contributed by atoms with van der Waals surface area (Å²) in [6, 6.07) is -0.0151. The minimum atomic E-state index is -0.0151. The SMILES string of the molecule is Cc1nsc(NC2=NC(C3CCCNC3)=C(Cl)N3C2=NCC3c2cnn(C)c2)c1Cl. The van der Waals surface area contributed by atoms with Crippen LogP contribution in [0.25, 0.3) is 0 Å². The molecule has 8 nitrogen and oxygen atoms in total. The molecule has 3 aliphatic heterocycles. The number of nitrogens with zero attached hydrogens (tertiary/aromatic N) is 6. The summed E-state index contributed by atoms with van der Waals surface area (Å²) < 4.78 is 6.14. The Morgan fingerprint density at radius 3 is 2.87 bits per heavy atom.